The summed E-state index contributed by atoms with van der Waals surface area (Å²) in [6.45, 7) is 5.03. The second-order valence-electron chi connectivity index (χ2n) is 4.65. The van der Waals surface area contributed by atoms with E-state index in [1.165, 1.54) is 0 Å². The molecule has 2 N–H and O–H groups in total. The summed E-state index contributed by atoms with van der Waals surface area (Å²) in [6, 6.07) is 5.81. The van der Waals surface area contributed by atoms with Crippen LogP contribution in [0.5, 0.6) is 0 Å². The molecule has 2 unspecified atom stereocenters. The molecule has 1 aliphatic heterocycles. The van der Waals surface area contributed by atoms with E-state index in [1.807, 2.05) is 25.1 Å². The van der Waals surface area contributed by atoms with E-state index in [0.717, 1.165) is 28.7 Å². The Balaban J connectivity index is 2.07. The van der Waals surface area contributed by atoms with Crippen molar-refractivity contribution in [3.8, 4) is 0 Å². The van der Waals surface area contributed by atoms with E-state index in [2.05, 4.69) is 33.5 Å². The van der Waals surface area contributed by atoms with Gasteiger partial charge in [-0.3, -0.25) is 4.79 Å². The Kier molecular flexibility index (Phi) is 3.84. The zero-order valence-electron chi connectivity index (χ0n) is 10.1. The summed E-state index contributed by atoms with van der Waals surface area (Å²) in [5, 5.41) is 6.22. The molecule has 1 saturated heterocycles. The fraction of sp³-hybridized carbons (Fsp3) is 0.462. The summed E-state index contributed by atoms with van der Waals surface area (Å²) in [6.07, 6.45) is 1.07. The molecule has 1 amide bonds. The van der Waals surface area contributed by atoms with Crippen LogP contribution in [0, 0.1) is 12.8 Å². The predicted octanol–water partition coefficient (Wildman–Crippen LogP) is 2.69. The Labute approximate surface area is 110 Å². The van der Waals surface area contributed by atoms with E-state index >= 15 is 0 Å². The third-order valence-corrected chi connectivity index (χ3v) is 3.76. The largest absolute Gasteiger partial charge is 0.324 e. The number of hydrogen-bond acceptors (Lipinski definition) is 2. The smallest absolute Gasteiger partial charge is 0.241 e. The maximum Gasteiger partial charge on any atom is 0.241 e. The van der Waals surface area contributed by atoms with E-state index in [4.69, 9.17) is 0 Å². The lowest BCUT2D eigenvalue weighted by Crippen LogP contribution is -2.39. The molecule has 2 rings (SSSR count). The molecule has 1 aliphatic rings. The molecule has 1 aromatic carbocycles. The second-order valence-corrected chi connectivity index (χ2v) is 5.56. The number of hydrogen-bond donors (Lipinski definition) is 2. The standard InChI is InChI=1S/C13H17BrN2O/c1-8-5-6-15-12(8)13(17)16-11-4-3-10(14)7-9(11)2/h3-4,7-8,12,15H,5-6H2,1-2H3,(H,16,17). The van der Waals surface area contributed by atoms with Crippen molar-refractivity contribution in [2.24, 2.45) is 5.92 Å². The van der Waals surface area contributed by atoms with Crippen molar-refractivity contribution in [1.82, 2.24) is 5.32 Å². The fourth-order valence-corrected chi connectivity index (χ4v) is 2.64. The van der Waals surface area contributed by atoms with E-state index in [-0.39, 0.29) is 11.9 Å². The zero-order valence-corrected chi connectivity index (χ0v) is 11.7. The van der Waals surface area contributed by atoms with Crippen LogP contribution in [0.15, 0.2) is 22.7 Å². The zero-order chi connectivity index (χ0) is 12.4. The van der Waals surface area contributed by atoms with Crippen molar-refractivity contribution in [1.29, 1.82) is 0 Å². The number of rotatable bonds is 2. The van der Waals surface area contributed by atoms with Crippen LogP contribution in [-0.4, -0.2) is 18.5 Å². The summed E-state index contributed by atoms with van der Waals surface area (Å²) >= 11 is 3.41. The molecule has 1 fully saturated rings. The highest BCUT2D eigenvalue weighted by Gasteiger charge is 2.29. The van der Waals surface area contributed by atoms with Gasteiger partial charge < -0.3 is 10.6 Å². The molecule has 2 atom stereocenters. The Morgan fingerprint density at radius 3 is 2.88 bits per heavy atom. The SMILES string of the molecule is Cc1cc(Br)ccc1NC(=O)C1NCCC1C. The number of nitrogens with one attached hydrogen (secondary N) is 2. The molecule has 3 nitrogen and oxygen atoms in total. The molecule has 17 heavy (non-hydrogen) atoms. The van der Waals surface area contributed by atoms with Crippen molar-refractivity contribution >= 4 is 27.5 Å². The average molecular weight is 297 g/mol. The Bertz CT molecular complexity index is 433. The second kappa shape index (κ2) is 5.19. The van der Waals surface area contributed by atoms with E-state index in [0.29, 0.717) is 5.92 Å². The molecule has 0 radical (unpaired) electrons. The number of carbonyl (C=O) groups excluding carboxylic acids is 1. The average Bonchev–Trinajstić information content (AvgIpc) is 2.68. The van der Waals surface area contributed by atoms with Gasteiger partial charge in [-0.2, -0.15) is 0 Å². The van der Waals surface area contributed by atoms with Crippen LogP contribution in [-0.2, 0) is 4.79 Å². The van der Waals surface area contributed by atoms with Crippen LogP contribution in [0.25, 0.3) is 0 Å². The normalized spacial score (nSPS) is 23.7. The van der Waals surface area contributed by atoms with Gasteiger partial charge in [0, 0.05) is 10.2 Å². The number of halogens is 1. The first-order chi connectivity index (χ1) is 8.08. The minimum atomic E-state index is -0.0574. The maximum atomic E-state index is 12.1. The van der Waals surface area contributed by atoms with Crippen LogP contribution in [0.2, 0.25) is 0 Å². The monoisotopic (exact) mass is 296 g/mol. The predicted molar refractivity (Wildman–Crippen MR) is 73.1 cm³/mol. The third kappa shape index (κ3) is 2.87. The van der Waals surface area contributed by atoms with E-state index in [9.17, 15) is 4.79 Å². The minimum absolute atomic E-state index is 0.0574. The maximum absolute atomic E-state index is 12.1. The first kappa shape index (κ1) is 12.6. The Hall–Kier alpha value is -0.870. The van der Waals surface area contributed by atoms with Gasteiger partial charge in [0.2, 0.25) is 5.91 Å². The number of carbonyl (C=O) groups is 1. The van der Waals surface area contributed by atoms with Gasteiger partial charge in [0.25, 0.3) is 0 Å². The van der Waals surface area contributed by atoms with Crippen molar-refractivity contribution in [2.45, 2.75) is 26.3 Å². The fourth-order valence-electron chi connectivity index (χ4n) is 2.16. The van der Waals surface area contributed by atoms with Crippen molar-refractivity contribution < 1.29 is 4.79 Å². The topological polar surface area (TPSA) is 41.1 Å². The van der Waals surface area contributed by atoms with Crippen LogP contribution in [0.4, 0.5) is 5.69 Å². The van der Waals surface area contributed by atoms with Gasteiger partial charge in [-0.05, 0) is 49.6 Å². The Morgan fingerprint density at radius 1 is 1.53 bits per heavy atom. The number of amides is 1. The molecule has 0 spiro atoms. The lowest BCUT2D eigenvalue weighted by molar-refractivity contribution is -0.118. The first-order valence-corrected chi connectivity index (χ1v) is 6.67. The van der Waals surface area contributed by atoms with Crippen molar-refractivity contribution in [2.75, 3.05) is 11.9 Å². The van der Waals surface area contributed by atoms with Gasteiger partial charge >= 0.3 is 0 Å². The molecule has 4 heteroatoms. The molecule has 0 aliphatic carbocycles. The highest BCUT2D eigenvalue weighted by Crippen LogP contribution is 2.22. The molecular weight excluding hydrogens is 280 g/mol. The molecule has 92 valence electrons. The van der Waals surface area contributed by atoms with E-state index in [1.54, 1.807) is 0 Å². The van der Waals surface area contributed by atoms with Crippen molar-refractivity contribution in [3.05, 3.63) is 28.2 Å². The van der Waals surface area contributed by atoms with Crippen LogP contribution < -0.4 is 10.6 Å². The van der Waals surface area contributed by atoms with Gasteiger partial charge in [-0.15, -0.1) is 0 Å². The van der Waals surface area contributed by atoms with Gasteiger partial charge in [0.15, 0.2) is 0 Å². The molecule has 0 bridgehead atoms. The number of benzene rings is 1. The molecule has 1 heterocycles. The summed E-state index contributed by atoms with van der Waals surface area (Å²) in [5.74, 6) is 0.478. The lowest BCUT2D eigenvalue weighted by Gasteiger charge is -2.16. The number of aryl methyl sites for hydroxylation is 1. The molecule has 0 saturated carbocycles. The van der Waals surface area contributed by atoms with Gasteiger partial charge in [-0.1, -0.05) is 22.9 Å². The van der Waals surface area contributed by atoms with Crippen LogP contribution in [0.1, 0.15) is 18.9 Å². The van der Waals surface area contributed by atoms with E-state index < -0.39 is 0 Å². The van der Waals surface area contributed by atoms with Gasteiger partial charge in [-0.25, -0.2) is 0 Å². The quantitative estimate of drug-likeness (QED) is 0.881. The summed E-state index contributed by atoms with van der Waals surface area (Å²) in [4.78, 5) is 12.1. The van der Waals surface area contributed by atoms with Crippen molar-refractivity contribution in [3.63, 3.8) is 0 Å². The molecule has 1 aromatic rings. The molecular formula is C13H17BrN2O. The van der Waals surface area contributed by atoms with Gasteiger partial charge in [0.05, 0.1) is 6.04 Å². The summed E-state index contributed by atoms with van der Waals surface area (Å²) < 4.78 is 1.03. The van der Waals surface area contributed by atoms with Crippen LogP contribution >= 0.6 is 15.9 Å². The Morgan fingerprint density at radius 2 is 2.29 bits per heavy atom. The first-order valence-electron chi connectivity index (χ1n) is 5.88. The number of anilines is 1. The third-order valence-electron chi connectivity index (χ3n) is 3.26. The van der Waals surface area contributed by atoms with Gasteiger partial charge in [0.1, 0.15) is 0 Å². The highest BCUT2D eigenvalue weighted by molar-refractivity contribution is 9.10. The summed E-state index contributed by atoms with van der Waals surface area (Å²) in [7, 11) is 0. The van der Waals surface area contributed by atoms with Crippen LogP contribution in [0.3, 0.4) is 0 Å². The lowest BCUT2D eigenvalue weighted by atomic mass is 10.0. The minimum Gasteiger partial charge on any atom is -0.324 e. The summed E-state index contributed by atoms with van der Waals surface area (Å²) in [5.41, 5.74) is 1.96. The molecule has 0 aromatic heterocycles. The highest BCUT2D eigenvalue weighted by atomic mass is 79.9.